The SMILES string of the molecule is C[C@]1(c2ccccc2)C[C@@]1(NS(=O)(=O)c1ccc(-c2ccc(C#N)cc2)s1)C(=O)O. The molecule has 0 spiro atoms. The summed E-state index contributed by atoms with van der Waals surface area (Å²) in [5.41, 5.74) is -0.345. The number of rotatable bonds is 6. The van der Waals surface area contributed by atoms with Crippen LogP contribution in [0, 0.1) is 11.3 Å². The number of sulfonamides is 1. The van der Waals surface area contributed by atoms with E-state index in [0.29, 0.717) is 10.4 Å². The maximum atomic E-state index is 13.0. The van der Waals surface area contributed by atoms with Gasteiger partial charge >= 0.3 is 5.97 Å². The van der Waals surface area contributed by atoms with Crippen molar-refractivity contribution in [1.29, 1.82) is 5.26 Å². The molecule has 0 unspecified atom stereocenters. The number of aliphatic carboxylic acids is 1. The van der Waals surface area contributed by atoms with Gasteiger partial charge < -0.3 is 5.11 Å². The Hall–Kier alpha value is -2.99. The molecule has 2 atom stereocenters. The van der Waals surface area contributed by atoms with Gasteiger partial charge in [-0.3, -0.25) is 4.79 Å². The summed E-state index contributed by atoms with van der Waals surface area (Å²) >= 11 is 1.06. The Labute approximate surface area is 178 Å². The summed E-state index contributed by atoms with van der Waals surface area (Å²) in [6.45, 7) is 1.76. The predicted octanol–water partition coefficient (Wildman–Crippen LogP) is 3.75. The first-order valence-corrected chi connectivity index (χ1v) is 11.5. The van der Waals surface area contributed by atoms with E-state index < -0.39 is 26.9 Å². The molecule has 0 saturated heterocycles. The van der Waals surface area contributed by atoms with E-state index in [0.717, 1.165) is 22.5 Å². The highest BCUT2D eigenvalue weighted by atomic mass is 32.2. The van der Waals surface area contributed by atoms with E-state index in [2.05, 4.69) is 4.72 Å². The molecule has 6 nitrogen and oxygen atoms in total. The molecule has 0 bridgehead atoms. The molecular weight excluding hydrogens is 420 g/mol. The second-order valence-electron chi connectivity index (χ2n) is 7.50. The minimum absolute atomic E-state index is 0.0461. The van der Waals surface area contributed by atoms with Crippen LogP contribution in [-0.2, 0) is 20.2 Å². The average molecular weight is 439 g/mol. The van der Waals surface area contributed by atoms with Crippen LogP contribution in [0.2, 0.25) is 0 Å². The first-order valence-electron chi connectivity index (χ1n) is 9.15. The predicted molar refractivity (Wildman–Crippen MR) is 114 cm³/mol. The zero-order valence-corrected chi connectivity index (χ0v) is 17.6. The molecule has 2 N–H and O–H groups in total. The van der Waals surface area contributed by atoms with Crippen LogP contribution in [0.4, 0.5) is 0 Å². The minimum Gasteiger partial charge on any atom is -0.480 e. The molecule has 30 heavy (non-hydrogen) atoms. The second-order valence-corrected chi connectivity index (χ2v) is 10.5. The summed E-state index contributed by atoms with van der Waals surface area (Å²) in [5.74, 6) is -1.19. The number of nitriles is 1. The number of carboxylic acids is 1. The highest BCUT2D eigenvalue weighted by molar-refractivity contribution is 7.91. The van der Waals surface area contributed by atoms with Gasteiger partial charge in [-0.2, -0.15) is 9.98 Å². The molecule has 8 heteroatoms. The number of thiophene rings is 1. The van der Waals surface area contributed by atoms with Crippen LogP contribution in [0.25, 0.3) is 10.4 Å². The Morgan fingerprint density at radius 1 is 1.10 bits per heavy atom. The van der Waals surface area contributed by atoms with E-state index in [9.17, 15) is 18.3 Å². The fourth-order valence-corrected chi connectivity index (χ4v) is 6.52. The Balaban J connectivity index is 1.63. The smallest absolute Gasteiger partial charge is 0.325 e. The Morgan fingerprint density at radius 2 is 1.77 bits per heavy atom. The Bertz CT molecular complexity index is 1260. The van der Waals surface area contributed by atoms with Crippen molar-refractivity contribution in [2.45, 2.75) is 28.5 Å². The average Bonchev–Trinajstić information content (AvgIpc) is 3.11. The first-order chi connectivity index (χ1) is 14.2. The van der Waals surface area contributed by atoms with Crippen LogP contribution in [0.1, 0.15) is 24.5 Å². The number of carboxylic acid groups (broad SMARTS) is 1. The van der Waals surface area contributed by atoms with E-state index in [1.807, 2.05) is 36.4 Å². The molecule has 1 aliphatic rings. The lowest BCUT2D eigenvalue weighted by Crippen LogP contribution is -2.47. The summed E-state index contributed by atoms with van der Waals surface area (Å²) in [6, 6.07) is 21.1. The summed E-state index contributed by atoms with van der Waals surface area (Å²) in [6.07, 6.45) is 0.173. The van der Waals surface area contributed by atoms with Gasteiger partial charge in [0, 0.05) is 10.3 Å². The summed E-state index contributed by atoms with van der Waals surface area (Å²) in [5, 5.41) is 18.8. The van der Waals surface area contributed by atoms with Crippen molar-refractivity contribution in [3.05, 3.63) is 77.9 Å². The number of hydrogen-bond donors (Lipinski definition) is 2. The lowest BCUT2D eigenvalue weighted by atomic mass is 9.93. The zero-order chi connectivity index (χ0) is 21.6. The van der Waals surface area contributed by atoms with Crippen molar-refractivity contribution in [3.8, 4) is 16.5 Å². The second kappa shape index (κ2) is 7.06. The highest BCUT2D eigenvalue weighted by Crippen LogP contribution is 2.58. The normalized spacial score (nSPS) is 22.9. The van der Waals surface area contributed by atoms with Crippen molar-refractivity contribution in [3.63, 3.8) is 0 Å². The molecule has 1 heterocycles. The number of nitrogens with one attached hydrogen (secondary N) is 1. The molecule has 152 valence electrons. The van der Waals surface area contributed by atoms with Crippen LogP contribution < -0.4 is 4.72 Å². The zero-order valence-electron chi connectivity index (χ0n) is 16.0. The number of nitrogens with zero attached hydrogens (tertiary/aromatic N) is 1. The molecule has 1 aromatic heterocycles. The van der Waals surface area contributed by atoms with Crippen LogP contribution in [0.5, 0.6) is 0 Å². The molecule has 3 aromatic rings. The van der Waals surface area contributed by atoms with Crippen molar-refractivity contribution in [2.24, 2.45) is 0 Å². The number of benzene rings is 2. The highest BCUT2D eigenvalue weighted by Gasteiger charge is 2.72. The maximum absolute atomic E-state index is 13.0. The quantitative estimate of drug-likeness (QED) is 0.609. The lowest BCUT2D eigenvalue weighted by Gasteiger charge is -2.20. The summed E-state index contributed by atoms with van der Waals surface area (Å²) in [7, 11) is -4.04. The molecule has 1 aliphatic carbocycles. The van der Waals surface area contributed by atoms with Gasteiger partial charge in [-0.25, -0.2) is 8.42 Å². The largest absolute Gasteiger partial charge is 0.480 e. The van der Waals surface area contributed by atoms with Gasteiger partial charge in [-0.05, 0) is 41.8 Å². The van der Waals surface area contributed by atoms with Crippen molar-refractivity contribution in [1.82, 2.24) is 4.72 Å². The Kier molecular flexibility index (Phi) is 4.77. The molecule has 2 aromatic carbocycles. The van der Waals surface area contributed by atoms with Gasteiger partial charge in [0.1, 0.15) is 9.75 Å². The monoisotopic (exact) mass is 438 g/mol. The van der Waals surface area contributed by atoms with Crippen LogP contribution in [0.3, 0.4) is 0 Å². The molecule has 0 amide bonds. The molecule has 0 radical (unpaired) electrons. The molecule has 1 fully saturated rings. The van der Waals surface area contributed by atoms with Gasteiger partial charge in [0.15, 0.2) is 0 Å². The number of carbonyl (C=O) groups is 1. The van der Waals surface area contributed by atoms with E-state index in [1.165, 1.54) is 6.07 Å². The van der Waals surface area contributed by atoms with Crippen LogP contribution in [-0.4, -0.2) is 25.0 Å². The van der Waals surface area contributed by atoms with Gasteiger partial charge in [0.25, 0.3) is 10.0 Å². The first kappa shape index (κ1) is 20.3. The van der Waals surface area contributed by atoms with Gasteiger partial charge in [-0.15, -0.1) is 11.3 Å². The van der Waals surface area contributed by atoms with Crippen molar-refractivity contribution >= 4 is 27.3 Å². The molecule has 0 aliphatic heterocycles. The standard InChI is InChI=1S/C22H18N2O4S2/c1-21(17-5-3-2-4-6-17)14-22(21,20(25)26)24-30(27,28)19-12-11-18(29-19)16-9-7-15(13-23)8-10-16/h2-12,24H,14H2,1H3,(H,25,26)/t21-,22-/m1/s1. The van der Waals surface area contributed by atoms with Gasteiger partial charge in [0.05, 0.1) is 11.6 Å². The van der Waals surface area contributed by atoms with Crippen LogP contribution >= 0.6 is 11.3 Å². The van der Waals surface area contributed by atoms with Crippen LogP contribution in [0.15, 0.2) is 70.9 Å². The van der Waals surface area contributed by atoms with E-state index >= 15 is 0 Å². The molecule has 4 rings (SSSR count). The topological polar surface area (TPSA) is 107 Å². The third kappa shape index (κ3) is 3.21. The van der Waals surface area contributed by atoms with Gasteiger partial charge in [-0.1, -0.05) is 49.4 Å². The maximum Gasteiger partial charge on any atom is 0.325 e. The van der Waals surface area contributed by atoms with E-state index in [-0.39, 0.29) is 10.6 Å². The number of hydrogen-bond acceptors (Lipinski definition) is 5. The third-order valence-corrected chi connectivity index (χ3v) is 8.79. The summed E-state index contributed by atoms with van der Waals surface area (Å²) < 4.78 is 28.6. The van der Waals surface area contributed by atoms with Crippen molar-refractivity contribution < 1.29 is 18.3 Å². The Morgan fingerprint density at radius 3 is 2.37 bits per heavy atom. The molecular formula is C22H18N2O4S2. The van der Waals surface area contributed by atoms with E-state index in [1.54, 1.807) is 37.3 Å². The fraction of sp³-hybridized carbons (Fsp3) is 0.182. The van der Waals surface area contributed by atoms with Crippen molar-refractivity contribution in [2.75, 3.05) is 0 Å². The summed E-state index contributed by atoms with van der Waals surface area (Å²) in [4.78, 5) is 12.8. The minimum atomic E-state index is -4.04. The fourth-order valence-electron chi connectivity index (χ4n) is 3.75. The van der Waals surface area contributed by atoms with E-state index in [4.69, 9.17) is 5.26 Å². The third-order valence-electron chi connectivity index (χ3n) is 5.66. The lowest BCUT2D eigenvalue weighted by molar-refractivity contribution is -0.140. The molecule has 1 saturated carbocycles. The van der Waals surface area contributed by atoms with Gasteiger partial charge in [0.2, 0.25) is 0 Å².